The highest BCUT2D eigenvalue weighted by Gasteiger charge is 2.28. The molecule has 160 valence electrons. The van der Waals surface area contributed by atoms with Crippen LogP contribution >= 0.6 is 0 Å². The van der Waals surface area contributed by atoms with Crippen molar-refractivity contribution in [2.45, 2.75) is 19.8 Å². The molecule has 2 heterocycles. The summed E-state index contributed by atoms with van der Waals surface area (Å²) < 4.78 is 10.1. The Morgan fingerprint density at radius 3 is 2.32 bits per heavy atom. The van der Waals surface area contributed by atoms with Crippen LogP contribution in [0.3, 0.4) is 0 Å². The Labute approximate surface area is 180 Å². The van der Waals surface area contributed by atoms with E-state index in [1.165, 1.54) is 0 Å². The number of nitrogens with zero attached hydrogens (tertiary/aromatic N) is 3. The number of carbonyl (C=O) groups is 2. The summed E-state index contributed by atoms with van der Waals surface area (Å²) >= 11 is 0. The maximum Gasteiger partial charge on any atom is 0.253 e. The number of aromatic nitrogens is 2. The van der Waals surface area contributed by atoms with Gasteiger partial charge < -0.3 is 19.5 Å². The summed E-state index contributed by atoms with van der Waals surface area (Å²) in [6.07, 6.45) is 1.27. The third-order valence-corrected chi connectivity index (χ3v) is 5.43. The summed E-state index contributed by atoms with van der Waals surface area (Å²) in [5.41, 5.74) is 2.13. The van der Waals surface area contributed by atoms with E-state index in [-0.39, 0.29) is 17.7 Å². The molecule has 4 rings (SSSR count). The van der Waals surface area contributed by atoms with Gasteiger partial charge in [0, 0.05) is 42.7 Å². The average Bonchev–Trinajstić information content (AvgIpc) is 3.25. The standard InChI is InChI=1S/C23H24N4O4/c1-15-24-21(26-31-15)16-3-5-18(6-4-16)23(29)27-13-11-17(12-14-27)22(28)25-19-7-9-20(30-2)10-8-19/h3-10,17H,11-14H2,1-2H3,(H,25,28). The highest BCUT2D eigenvalue weighted by atomic mass is 16.5. The maximum atomic E-state index is 12.8. The van der Waals surface area contributed by atoms with Gasteiger partial charge in [0.15, 0.2) is 0 Å². The van der Waals surface area contributed by atoms with Crippen LogP contribution in [0.2, 0.25) is 0 Å². The molecule has 2 aromatic carbocycles. The number of rotatable bonds is 5. The Kier molecular flexibility index (Phi) is 5.97. The average molecular weight is 420 g/mol. The second kappa shape index (κ2) is 8.99. The molecule has 0 aliphatic carbocycles. The fourth-order valence-corrected chi connectivity index (χ4v) is 3.62. The molecule has 1 saturated heterocycles. The SMILES string of the molecule is COc1ccc(NC(=O)C2CCN(C(=O)c3ccc(-c4noc(C)n4)cc3)CC2)cc1. The smallest absolute Gasteiger partial charge is 0.253 e. The van der Waals surface area contributed by atoms with Gasteiger partial charge in [0.1, 0.15) is 5.75 Å². The van der Waals surface area contributed by atoms with Crippen LogP contribution in [0.25, 0.3) is 11.4 Å². The molecule has 0 spiro atoms. The fourth-order valence-electron chi connectivity index (χ4n) is 3.62. The number of anilines is 1. The Morgan fingerprint density at radius 1 is 1.06 bits per heavy atom. The van der Waals surface area contributed by atoms with Gasteiger partial charge in [-0.15, -0.1) is 0 Å². The van der Waals surface area contributed by atoms with Gasteiger partial charge in [-0.1, -0.05) is 17.3 Å². The number of aryl methyl sites for hydroxylation is 1. The minimum absolute atomic E-state index is 0.0166. The third-order valence-electron chi connectivity index (χ3n) is 5.43. The van der Waals surface area contributed by atoms with E-state index in [0.717, 1.165) is 17.0 Å². The molecule has 0 atom stereocenters. The normalized spacial score (nSPS) is 14.3. The molecule has 31 heavy (non-hydrogen) atoms. The zero-order valence-electron chi connectivity index (χ0n) is 17.5. The molecule has 1 N–H and O–H groups in total. The van der Waals surface area contributed by atoms with Gasteiger partial charge in [-0.2, -0.15) is 4.98 Å². The van der Waals surface area contributed by atoms with Crippen LogP contribution in [-0.4, -0.2) is 47.1 Å². The van der Waals surface area contributed by atoms with Crippen molar-refractivity contribution in [3.63, 3.8) is 0 Å². The van der Waals surface area contributed by atoms with Crippen LogP contribution in [0, 0.1) is 12.8 Å². The summed E-state index contributed by atoms with van der Waals surface area (Å²) in [6, 6.07) is 14.4. The predicted molar refractivity (Wildman–Crippen MR) is 115 cm³/mol. The molecule has 2 amide bonds. The molecule has 1 fully saturated rings. The van der Waals surface area contributed by atoms with Crippen LogP contribution in [0.5, 0.6) is 5.75 Å². The van der Waals surface area contributed by atoms with Gasteiger partial charge in [0.25, 0.3) is 5.91 Å². The highest BCUT2D eigenvalue weighted by Crippen LogP contribution is 2.23. The Hall–Kier alpha value is -3.68. The number of nitrogens with one attached hydrogen (secondary N) is 1. The van der Waals surface area contributed by atoms with Crippen molar-refractivity contribution < 1.29 is 18.8 Å². The van der Waals surface area contributed by atoms with Crippen molar-refractivity contribution in [2.75, 3.05) is 25.5 Å². The number of hydrogen-bond donors (Lipinski definition) is 1. The fraction of sp³-hybridized carbons (Fsp3) is 0.304. The summed E-state index contributed by atoms with van der Waals surface area (Å²) in [5.74, 6) is 1.57. The molecule has 1 aliphatic heterocycles. The van der Waals surface area contributed by atoms with Crippen LogP contribution in [0.4, 0.5) is 5.69 Å². The van der Waals surface area contributed by atoms with Gasteiger partial charge in [-0.25, -0.2) is 0 Å². The second-order valence-electron chi connectivity index (χ2n) is 7.50. The van der Waals surface area contributed by atoms with E-state index in [2.05, 4.69) is 15.5 Å². The molecule has 8 nitrogen and oxygen atoms in total. The first-order valence-electron chi connectivity index (χ1n) is 10.2. The largest absolute Gasteiger partial charge is 0.497 e. The van der Waals surface area contributed by atoms with E-state index in [4.69, 9.17) is 9.26 Å². The van der Waals surface area contributed by atoms with Gasteiger partial charge >= 0.3 is 0 Å². The molecule has 0 radical (unpaired) electrons. The number of hydrogen-bond acceptors (Lipinski definition) is 6. The predicted octanol–water partition coefficient (Wildman–Crippen LogP) is 3.54. The van der Waals surface area contributed by atoms with E-state index < -0.39 is 0 Å². The number of ether oxygens (including phenoxy) is 1. The topological polar surface area (TPSA) is 97.6 Å². The van der Waals surface area contributed by atoms with Gasteiger partial charge in [0.2, 0.25) is 17.6 Å². The summed E-state index contributed by atoms with van der Waals surface area (Å²) in [7, 11) is 1.60. The van der Waals surface area contributed by atoms with Crippen molar-refractivity contribution in [1.29, 1.82) is 0 Å². The number of likely N-dealkylation sites (tertiary alicyclic amines) is 1. The minimum Gasteiger partial charge on any atom is -0.497 e. The van der Waals surface area contributed by atoms with Crippen LogP contribution in [0.1, 0.15) is 29.1 Å². The lowest BCUT2D eigenvalue weighted by Crippen LogP contribution is -2.41. The zero-order valence-corrected chi connectivity index (χ0v) is 17.5. The van der Waals surface area contributed by atoms with Crippen molar-refractivity contribution >= 4 is 17.5 Å². The molecular formula is C23H24N4O4. The zero-order chi connectivity index (χ0) is 21.8. The van der Waals surface area contributed by atoms with E-state index in [1.807, 2.05) is 36.4 Å². The molecule has 8 heteroatoms. The van der Waals surface area contributed by atoms with Gasteiger partial charge in [0.05, 0.1) is 7.11 Å². The van der Waals surface area contributed by atoms with E-state index in [0.29, 0.717) is 43.2 Å². The molecule has 0 bridgehead atoms. The number of piperidine rings is 1. The van der Waals surface area contributed by atoms with Crippen LogP contribution < -0.4 is 10.1 Å². The van der Waals surface area contributed by atoms with Crippen molar-refractivity contribution in [3.05, 3.63) is 60.0 Å². The molecule has 0 saturated carbocycles. The first-order valence-corrected chi connectivity index (χ1v) is 10.2. The lowest BCUT2D eigenvalue weighted by atomic mass is 9.95. The van der Waals surface area contributed by atoms with Gasteiger partial charge in [-0.05, 0) is 49.2 Å². The van der Waals surface area contributed by atoms with Crippen molar-refractivity contribution in [1.82, 2.24) is 15.0 Å². The molecular weight excluding hydrogens is 396 g/mol. The first kappa shape index (κ1) is 20.6. The van der Waals surface area contributed by atoms with Crippen molar-refractivity contribution in [3.8, 4) is 17.1 Å². The summed E-state index contributed by atoms with van der Waals surface area (Å²) in [5, 5.41) is 6.83. The number of benzene rings is 2. The molecule has 1 aromatic heterocycles. The lowest BCUT2D eigenvalue weighted by molar-refractivity contribution is -0.121. The molecule has 1 aliphatic rings. The monoisotopic (exact) mass is 420 g/mol. The Balaban J connectivity index is 1.31. The quantitative estimate of drug-likeness (QED) is 0.678. The Bertz CT molecular complexity index is 1050. The minimum atomic E-state index is -0.116. The van der Waals surface area contributed by atoms with E-state index >= 15 is 0 Å². The number of amides is 2. The number of methoxy groups -OCH3 is 1. The van der Waals surface area contributed by atoms with Crippen molar-refractivity contribution in [2.24, 2.45) is 5.92 Å². The summed E-state index contributed by atoms with van der Waals surface area (Å²) in [6.45, 7) is 2.83. The van der Waals surface area contributed by atoms with E-state index in [1.54, 1.807) is 31.1 Å². The molecule has 0 unspecified atom stereocenters. The van der Waals surface area contributed by atoms with Gasteiger partial charge in [-0.3, -0.25) is 9.59 Å². The third kappa shape index (κ3) is 4.74. The lowest BCUT2D eigenvalue weighted by Gasteiger charge is -2.31. The summed E-state index contributed by atoms with van der Waals surface area (Å²) in [4.78, 5) is 31.4. The number of carbonyl (C=O) groups excluding carboxylic acids is 2. The Morgan fingerprint density at radius 2 is 1.74 bits per heavy atom. The second-order valence-corrected chi connectivity index (χ2v) is 7.50. The van der Waals surface area contributed by atoms with E-state index in [9.17, 15) is 9.59 Å². The van der Waals surface area contributed by atoms with Crippen LogP contribution in [0.15, 0.2) is 53.1 Å². The highest BCUT2D eigenvalue weighted by molar-refractivity contribution is 5.95. The first-order chi connectivity index (χ1) is 15.0. The maximum absolute atomic E-state index is 12.8. The van der Waals surface area contributed by atoms with Crippen LogP contribution in [-0.2, 0) is 4.79 Å². The molecule has 3 aromatic rings.